The summed E-state index contributed by atoms with van der Waals surface area (Å²) in [5.74, 6) is 0. The van der Waals surface area contributed by atoms with Gasteiger partial charge in [0.1, 0.15) is 0 Å². The van der Waals surface area contributed by atoms with Crippen LogP contribution in [0, 0.1) is 10.1 Å². The summed E-state index contributed by atoms with van der Waals surface area (Å²) in [6.45, 7) is 0. The third-order valence-corrected chi connectivity index (χ3v) is 3.67. The molecule has 0 amide bonds. The fraction of sp³-hybridized carbons (Fsp3) is 0. The van der Waals surface area contributed by atoms with Crippen molar-refractivity contribution in [1.82, 2.24) is 0 Å². The maximum absolute atomic E-state index is 13.6. The Hall–Kier alpha value is -3.28. The maximum Gasteiger partial charge on any atom is 0.298 e. The third kappa shape index (κ3) is 2.81. The molecule has 3 aromatic carbocycles. The van der Waals surface area contributed by atoms with Crippen LogP contribution in [-0.2, 0) is 0 Å². The summed E-state index contributed by atoms with van der Waals surface area (Å²) in [4.78, 5) is 10.4. The second-order valence-corrected chi connectivity index (χ2v) is 5.08. The Morgan fingerprint density at radius 3 is 1.83 bits per heavy atom. The summed E-state index contributed by atoms with van der Waals surface area (Å²) in [5.41, 5.74) is 0.458. The normalized spacial score (nSPS) is 10.4. The Bertz CT molecular complexity index is 869. The molecule has 0 bridgehead atoms. The summed E-state index contributed by atoms with van der Waals surface area (Å²) in [5, 5.41) is 10.0. The van der Waals surface area contributed by atoms with Crippen molar-refractivity contribution in [3.63, 3.8) is 0 Å². The van der Waals surface area contributed by atoms with Gasteiger partial charge in [0.2, 0.25) is 0 Å². The molecule has 3 rings (SSSR count). The van der Waals surface area contributed by atoms with Crippen LogP contribution < -0.4 is 5.34 Å². The zero-order valence-corrected chi connectivity index (χ0v) is 12.4. The van der Waals surface area contributed by atoms with Gasteiger partial charge >= 0.3 is 0 Å². The monoisotopic (exact) mass is 326 g/mol. The van der Waals surface area contributed by atoms with Crippen LogP contribution in [0.3, 0.4) is 0 Å². The molecule has 0 saturated carbocycles. The van der Waals surface area contributed by atoms with E-state index < -0.39 is 21.6 Å². The molecule has 0 atom stereocenters. The van der Waals surface area contributed by atoms with E-state index in [2.05, 4.69) is 0 Å². The first-order valence-corrected chi connectivity index (χ1v) is 7.13. The SMILES string of the molecule is O=[N+]([O-])c1ccc(-c2ccccc2)c(-c2ccccc2)c1N(F)F. The van der Waals surface area contributed by atoms with Gasteiger partial charge in [-0.2, -0.15) is 0 Å². The number of rotatable bonds is 4. The molecule has 0 spiro atoms. The molecule has 0 unspecified atom stereocenters. The molecule has 0 fully saturated rings. The molecular weight excluding hydrogens is 314 g/mol. The van der Waals surface area contributed by atoms with E-state index in [1.54, 1.807) is 54.6 Å². The van der Waals surface area contributed by atoms with Gasteiger partial charge in [0, 0.05) is 11.6 Å². The molecule has 3 aromatic rings. The van der Waals surface area contributed by atoms with Gasteiger partial charge < -0.3 is 0 Å². The van der Waals surface area contributed by atoms with Crippen LogP contribution in [0.1, 0.15) is 0 Å². The van der Waals surface area contributed by atoms with Crippen LogP contribution in [0.5, 0.6) is 0 Å². The average Bonchev–Trinajstić information content (AvgIpc) is 2.61. The highest BCUT2D eigenvalue weighted by Gasteiger charge is 2.28. The Labute approximate surface area is 136 Å². The van der Waals surface area contributed by atoms with Gasteiger partial charge in [0.05, 0.1) is 4.92 Å². The van der Waals surface area contributed by atoms with Gasteiger partial charge in [-0.25, -0.2) is 0 Å². The zero-order valence-electron chi connectivity index (χ0n) is 12.4. The fourth-order valence-corrected chi connectivity index (χ4v) is 2.65. The molecule has 0 N–H and O–H groups in total. The predicted molar refractivity (Wildman–Crippen MR) is 88.7 cm³/mol. The Kier molecular flexibility index (Phi) is 4.20. The minimum absolute atomic E-state index is 0.126. The molecule has 6 heteroatoms. The van der Waals surface area contributed by atoms with Crippen molar-refractivity contribution in [2.75, 3.05) is 5.34 Å². The van der Waals surface area contributed by atoms with E-state index in [0.717, 1.165) is 6.07 Å². The van der Waals surface area contributed by atoms with Crippen LogP contribution in [-0.4, -0.2) is 4.92 Å². The van der Waals surface area contributed by atoms with Crippen molar-refractivity contribution in [2.45, 2.75) is 0 Å². The number of nitro benzene ring substituents is 1. The molecule has 0 heterocycles. The second-order valence-electron chi connectivity index (χ2n) is 5.08. The smallest absolute Gasteiger partial charge is 0.258 e. The van der Waals surface area contributed by atoms with Crippen molar-refractivity contribution >= 4 is 11.4 Å². The van der Waals surface area contributed by atoms with Gasteiger partial charge in [0.15, 0.2) is 5.69 Å². The van der Waals surface area contributed by atoms with E-state index in [0.29, 0.717) is 16.7 Å². The fourth-order valence-electron chi connectivity index (χ4n) is 2.65. The lowest BCUT2D eigenvalue weighted by atomic mass is 9.92. The first-order chi connectivity index (χ1) is 11.6. The molecule has 24 heavy (non-hydrogen) atoms. The summed E-state index contributed by atoms with van der Waals surface area (Å²) in [6, 6.07) is 20.0. The van der Waals surface area contributed by atoms with Crippen molar-refractivity contribution < 1.29 is 13.9 Å². The molecule has 0 aliphatic rings. The van der Waals surface area contributed by atoms with E-state index in [1.165, 1.54) is 6.07 Å². The lowest BCUT2D eigenvalue weighted by Gasteiger charge is -2.15. The standard InChI is InChI=1S/C18H12F2N2O2/c19-21(20)18-16(22(23)24)12-11-15(13-7-3-1-4-8-13)17(18)14-9-5-2-6-10-14/h1-12H. The maximum atomic E-state index is 13.6. The lowest BCUT2D eigenvalue weighted by molar-refractivity contribution is -0.384. The first kappa shape index (κ1) is 15.6. The topological polar surface area (TPSA) is 46.4 Å². The van der Waals surface area contributed by atoms with Crippen molar-refractivity contribution in [2.24, 2.45) is 0 Å². The van der Waals surface area contributed by atoms with Crippen LogP contribution in [0.15, 0.2) is 72.8 Å². The molecule has 0 aromatic heterocycles. The van der Waals surface area contributed by atoms with Gasteiger partial charge in [-0.3, -0.25) is 10.1 Å². The third-order valence-electron chi connectivity index (χ3n) is 3.67. The largest absolute Gasteiger partial charge is 0.298 e. The van der Waals surface area contributed by atoms with Gasteiger partial charge in [-0.15, -0.1) is 0 Å². The van der Waals surface area contributed by atoms with Crippen molar-refractivity contribution in [3.8, 4) is 22.3 Å². The predicted octanol–water partition coefficient (Wildman–Crippen LogP) is 5.50. The molecular formula is C18H12F2N2O2. The number of benzene rings is 3. The Balaban J connectivity index is 2.39. The van der Waals surface area contributed by atoms with Gasteiger partial charge in [0.25, 0.3) is 5.69 Å². The van der Waals surface area contributed by atoms with Crippen LogP contribution in [0.2, 0.25) is 0 Å². The number of hydrogen-bond acceptors (Lipinski definition) is 3. The summed E-state index contributed by atoms with van der Waals surface area (Å²) in [7, 11) is 0. The highest BCUT2D eigenvalue weighted by atomic mass is 19.4. The Morgan fingerprint density at radius 1 is 0.792 bits per heavy atom. The van der Waals surface area contributed by atoms with E-state index in [9.17, 15) is 19.1 Å². The number of halogens is 2. The lowest BCUT2D eigenvalue weighted by Crippen LogP contribution is -2.04. The minimum Gasteiger partial charge on any atom is -0.258 e. The highest BCUT2D eigenvalue weighted by molar-refractivity contribution is 5.95. The number of nitro groups is 1. The highest BCUT2D eigenvalue weighted by Crippen LogP contribution is 2.45. The number of anilines is 1. The number of hydrogen-bond donors (Lipinski definition) is 0. The van der Waals surface area contributed by atoms with Gasteiger partial charge in [-0.1, -0.05) is 69.6 Å². The summed E-state index contributed by atoms with van der Waals surface area (Å²) >= 11 is 0. The molecule has 120 valence electrons. The van der Waals surface area contributed by atoms with Crippen LogP contribution in [0.4, 0.5) is 20.3 Å². The minimum atomic E-state index is -1.19. The zero-order chi connectivity index (χ0) is 17.1. The van der Waals surface area contributed by atoms with Crippen LogP contribution >= 0.6 is 0 Å². The quantitative estimate of drug-likeness (QED) is 0.361. The van der Waals surface area contributed by atoms with Crippen molar-refractivity contribution in [1.29, 1.82) is 0 Å². The van der Waals surface area contributed by atoms with Crippen molar-refractivity contribution in [3.05, 3.63) is 82.9 Å². The first-order valence-electron chi connectivity index (χ1n) is 7.13. The van der Waals surface area contributed by atoms with E-state index >= 15 is 0 Å². The second kappa shape index (κ2) is 6.45. The summed E-state index contributed by atoms with van der Waals surface area (Å²) < 4.78 is 27.1. The van der Waals surface area contributed by atoms with E-state index in [-0.39, 0.29) is 5.56 Å². The number of nitrogens with zero attached hydrogens (tertiary/aromatic N) is 2. The summed E-state index contributed by atoms with van der Waals surface area (Å²) in [6.07, 6.45) is 0. The van der Waals surface area contributed by atoms with Crippen LogP contribution in [0.25, 0.3) is 22.3 Å². The molecule has 0 radical (unpaired) electrons. The average molecular weight is 326 g/mol. The molecule has 0 saturated heterocycles. The van der Waals surface area contributed by atoms with Gasteiger partial charge in [-0.05, 0) is 28.1 Å². The Morgan fingerprint density at radius 2 is 1.33 bits per heavy atom. The molecule has 0 aliphatic carbocycles. The van der Waals surface area contributed by atoms with E-state index in [4.69, 9.17) is 0 Å². The molecule has 0 aliphatic heterocycles. The molecule has 4 nitrogen and oxygen atoms in total. The van der Waals surface area contributed by atoms with E-state index in [1.807, 2.05) is 6.07 Å².